The molecule has 1 N–H and O–H groups in total. The SMILES string of the molecule is O=C(Nc1ccc2c(c1)CCC2)c1ccc(F)nc1. The van der Waals surface area contributed by atoms with Crippen LogP contribution < -0.4 is 5.32 Å². The smallest absolute Gasteiger partial charge is 0.257 e. The summed E-state index contributed by atoms with van der Waals surface area (Å²) in [5, 5.41) is 2.81. The van der Waals surface area contributed by atoms with Crippen molar-refractivity contribution in [2.24, 2.45) is 0 Å². The zero-order valence-electron chi connectivity index (χ0n) is 10.3. The van der Waals surface area contributed by atoms with Gasteiger partial charge in [-0.1, -0.05) is 6.07 Å². The molecule has 96 valence electrons. The number of rotatable bonds is 2. The number of nitrogens with one attached hydrogen (secondary N) is 1. The van der Waals surface area contributed by atoms with Crippen molar-refractivity contribution in [3.63, 3.8) is 0 Å². The Kier molecular flexibility index (Phi) is 2.99. The average molecular weight is 256 g/mol. The first-order valence-corrected chi connectivity index (χ1v) is 6.27. The van der Waals surface area contributed by atoms with Crippen molar-refractivity contribution in [1.29, 1.82) is 0 Å². The molecule has 0 atom stereocenters. The number of pyridine rings is 1. The number of aromatic nitrogens is 1. The van der Waals surface area contributed by atoms with Crippen molar-refractivity contribution in [2.75, 3.05) is 5.32 Å². The van der Waals surface area contributed by atoms with Gasteiger partial charge in [0.05, 0.1) is 5.56 Å². The molecule has 1 aliphatic carbocycles. The van der Waals surface area contributed by atoms with E-state index < -0.39 is 5.95 Å². The molecule has 0 saturated heterocycles. The van der Waals surface area contributed by atoms with Gasteiger partial charge in [0.15, 0.2) is 0 Å². The lowest BCUT2D eigenvalue weighted by molar-refractivity contribution is 0.102. The molecule has 1 aliphatic rings. The summed E-state index contributed by atoms with van der Waals surface area (Å²) < 4.78 is 12.7. The van der Waals surface area contributed by atoms with Gasteiger partial charge in [-0.2, -0.15) is 4.39 Å². The number of nitrogens with zero attached hydrogens (tertiary/aromatic N) is 1. The second kappa shape index (κ2) is 4.80. The molecule has 4 heteroatoms. The molecule has 0 aliphatic heterocycles. The Bertz CT molecular complexity index is 623. The molecule has 0 unspecified atom stereocenters. The third-order valence-electron chi connectivity index (χ3n) is 3.35. The van der Waals surface area contributed by atoms with Gasteiger partial charge in [-0.05, 0) is 54.7 Å². The van der Waals surface area contributed by atoms with Gasteiger partial charge >= 0.3 is 0 Å². The highest BCUT2D eigenvalue weighted by molar-refractivity contribution is 6.04. The maximum absolute atomic E-state index is 12.7. The van der Waals surface area contributed by atoms with Crippen LogP contribution in [0.1, 0.15) is 27.9 Å². The van der Waals surface area contributed by atoms with Gasteiger partial charge in [0, 0.05) is 11.9 Å². The second-order valence-corrected chi connectivity index (χ2v) is 4.66. The Balaban J connectivity index is 1.77. The van der Waals surface area contributed by atoms with Crippen LogP contribution in [-0.4, -0.2) is 10.9 Å². The molecule has 0 spiro atoms. The summed E-state index contributed by atoms with van der Waals surface area (Å²) in [6, 6.07) is 8.57. The van der Waals surface area contributed by atoms with E-state index >= 15 is 0 Å². The average Bonchev–Trinajstić information content (AvgIpc) is 2.87. The maximum Gasteiger partial charge on any atom is 0.257 e. The van der Waals surface area contributed by atoms with E-state index in [4.69, 9.17) is 0 Å². The number of carbonyl (C=O) groups is 1. The lowest BCUT2D eigenvalue weighted by Crippen LogP contribution is -2.12. The zero-order valence-corrected chi connectivity index (χ0v) is 10.3. The number of aryl methyl sites for hydroxylation is 2. The van der Waals surface area contributed by atoms with Gasteiger partial charge in [0.2, 0.25) is 5.95 Å². The molecule has 1 amide bonds. The van der Waals surface area contributed by atoms with Crippen molar-refractivity contribution in [1.82, 2.24) is 4.98 Å². The minimum absolute atomic E-state index is 0.273. The number of carbonyl (C=O) groups excluding carboxylic acids is 1. The Morgan fingerprint density at radius 2 is 2.00 bits per heavy atom. The van der Waals surface area contributed by atoms with Gasteiger partial charge in [0.1, 0.15) is 0 Å². The first kappa shape index (κ1) is 11.8. The number of anilines is 1. The molecule has 0 fully saturated rings. The largest absolute Gasteiger partial charge is 0.322 e. The quantitative estimate of drug-likeness (QED) is 0.839. The Morgan fingerprint density at radius 1 is 1.16 bits per heavy atom. The first-order chi connectivity index (χ1) is 9.22. The van der Waals surface area contributed by atoms with E-state index in [1.54, 1.807) is 0 Å². The molecule has 3 nitrogen and oxygen atoms in total. The van der Waals surface area contributed by atoms with Crippen LogP contribution in [0, 0.1) is 5.95 Å². The number of halogens is 1. The molecule has 1 heterocycles. The van der Waals surface area contributed by atoms with Crippen LogP contribution in [0.3, 0.4) is 0 Å². The summed E-state index contributed by atoms with van der Waals surface area (Å²) in [6.45, 7) is 0. The fourth-order valence-corrected chi connectivity index (χ4v) is 2.36. The predicted molar refractivity (Wildman–Crippen MR) is 70.6 cm³/mol. The Morgan fingerprint density at radius 3 is 2.79 bits per heavy atom. The molecular formula is C15H13FN2O. The van der Waals surface area contributed by atoms with E-state index in [1.807, 2.05) is 12.1 Å². The van der Waals surface area contributed by atoms with Crippen molar-refractivity contribution >= 4 is 11.6 Å². The van der Waals surface area contributed by atoms with Crippen molar-refractivity contribution in [2.45, 2.75) is 19.3 Å². The first-order valence-electron chi connectivity index (χ1n) is 6.27. The molecule has 19 heavy (non-hydrogen) atoms. The van der Waals surface area contributed by atoms with E-state index in [2.05, 4.69) is 16.4 Å². The monoisotopic (exact) mass is 256 g/mol. The molecular weight excluding hydrogens is 243 g/mol. The Labute approximate surface area is 110 Å². The lowest BCUT2D eigenvalue weighted by atomic mass is 10.1. The highest BCUT2D eigenvalue weighted by Crippen LogP contribution is 2.25. The molecule has 0 bridgehead atoms. The number of benzene rings is 1. The molecule has 1 aromatic carbocycles. The summed E-state index contributed by atoms with van der Waals surface area (Å²) in [6.07, 6.45) is 4.59. The van der Waals surface area contributed by atoms with Crippen LogP contribution in [0.15, 0.2) is 36.5 Å². The van der Waals surface area contributed by atoms with Crippen LogP contribution >= 0.6 is 0 Å². The Hall–Kier alpha value is -2.23. The molecule has 0 saturated carbocycles. The highest BCUT2D eigenvalue weighted by atomic mass is 19.1. The molecule has 3 rings (SSSR count). The minimum Gasteiger partial charge on any atom is -0.322 e. The van der Waals surface area contributed by atoms with Gasteiger partial charge < -0.3 is 5.32 Å². The standard InChI is InChI=1S/C15H13FN2O/c16-14-7-5-12(9-17-14)15(19)18-13-6-4-10-2-1-3-11(10)8-13/h4-9H,1-3H2,(H,18,19). The van der Waals surface area contributed by atoms with Gasteiger partial charge in [-0.3, -0.25) is 4.79 Å². The zero-order chi connectivity index (χ0) is 13.2. The van der Waals surface area contributed by atoms with Crippen molar-refractivity contribution in [3.8, 4) is 0 Å². The van der Waals surface area contributed by atoms with Crippen LogP contribution in [0.5, 0.6) is 0 Å². The van der Waals surface area contributed by atoms with Gasteiger partial charge in [0.25, 0.3) is 5.91 Å². The number of fused-ring (bicyclic) bond motifs is 1. The predicted octanol–water partition coefficient (Wildman–Crippen LogP) is 2.96. The number of hydrogen-bond donors (Lipinski definition) is 1. The molecule has 1 aromatic heterocycles. The second-order valence-electron chi connectivity index (χ2n) is 4.66. The molecule has 2 aromatic rings. The highest BCUT2D eigenvalue weighted by Gasteiger charge is 2.12. The minimum atomic E-state index is -0.589. The topological polar surface area (TPSA) is 42.0 Å². The van der Waals surface area contributed by atoms with E-state index in [0.717, 1.165) is 18.5 Å². The lowest BCUT2D eigenvalue weighted by Gasteiger charge is -2.07. The fourth-order valence-electron chi connectivity index (χ4n) is 2.36. The normalized spacial score (nSPS) is 13.1. The van der Waals surface area contributed by atoms with Gasteiger partial charge in [-0.15, -0.1) is 0 Å². The van der Waals surface area contributed by atoms with Crippen LogP contribution in [0.4, 0.5) is 10.1 Å². The number of amides is 1. The summed E-state index contributed by atoms with van der Waals surface area (Å²) in [4.78, 5) is 15.4. The van der Waals surface area contributed by atoms with E-state index in [0.29, 0.717) is 5.56 Å². The maximum atomic E-state index is 12.7. The summed E-state index contributed by atoms with van der Waals surface area (Å²) in [5.41, 5.74) is 3.79. The van der Waals surface area contributed by atoms with Crippen LogP contribution in [0.2, 0.25) is 0 Å². The number of hydrogen-bond acceptors (Lipinski definition) is 2. The third kappa shape index (κ3) is 2.47. The summed E-state index contributed by atoms with van der Waals surface area (Å²) in [5.74, 6) is -0.862. The van der Waals surface area contributed by atoms with Crippen molar-refractivity contribution in [3.05, 3.63) is 59.2 Å². The van der Waals surface area contributed by atoms with Crippen molar-refractivity contribution < 1.29 is 9.18 Å². The van der Waals surface area contributed by atoms with Gasteiger partial charge in [-0.25, -0.2) is 4.98 Å². The van der Waals surface area contributed by atoms with Crippen LogP contribution in [-0.2, 0) is 12.8 Å². The van der Waals surface area contributed by atoms with Crippen LogP contribution in [0.25, 0.3) is 0 Å². The van der Waals surface area contributed by atoms with E-state index in [1.165, 1.54) is 35.9 Å². The molecule has 0 radical (unpaired) electrons. The van der Waals surface area contributed by atoms with E-state index in [-0.39, 0.29) is 5.91 Å². The summed E-state index contributed by atoms with van der Waals surface area (Å²) >= 11 is 0. The van der Waals surface area contributed by atoms with E-state index in [9.17, 15) is 9.18 Å². The third-order valence-corrected chi connectivity index (χ3v) is 3.35. The fraction of sp³-hybridized carbons (Fsp3) is 0.200. The summed E-state index contributed by atoms with van der Waals surface area (Å²) in [7, 11) is 0.